The predicted molar refractivity (Wildman–Crippen MR) is 45.6 cm³/mol. The molecule has 0 atom stereocenters. The van der Waals surface area contributed by atoms with E-state index in [1.807, 2.05) is 0 Å². The average molecular weight is 266 g/mol. The third-order valence-electron chi connectivity index (χ3n) is 0. The summed E-state index contributed by atoms with van der Waals surface area (Å²) in [5, 5.41) is 0. The molecular weight excluding hydrogens is 252 g/mol. The van der Waals surface area contributed by atoms with Crippen LogP contribution in [-0.2, 0) is 20.8 Å². The first-order valence-electron chi connectivity index (χ1n) is 1.40. The van der Waals surface area contributed by atoms with Crippen LogP contribution in [0.5, 0.6) is 0 Å². The summed E-state index contributed by atoms with van der Waals surface area (Å²) in [6.45, 7) is 0. The lowest BCUT2D eigenvalue weighted by atomic mass is 14.0. The van der Waals surface area contributed by atoms with Crippen LogP contribution >= 0.6 is 0 Å². The molecule has 0 aromatic carbocycles. The van der Waals surface area contributed by atoms with E-state index in [-0.39, 0.29) is 23.3 Å². The lowest BCUT2D eigenvalue weighted by Crippen LogP contribution is -1.89. The highest BCUT2D eigenvalue weighted by molar-refractivity contribution is 7.80. The van der Waals surface area contributed by atoms with Gasteiger partial charge >= 0.3 is 20.8 Å². The zero-order valence-corrected chi connectivity index (χ0v) is 8.29. The van der Waals surface area contributed by atoms with Crippen LogP contribution in [0.1, 0.15) is 0 Å². The van der Waals surface area contributed by atoms with Gasteiger partial charge in [-0.15, -0.1) is 0 Å². The third-order valence-corrected chi connectivity index (χ3v) is 0. The average Bonchev–Trinajstić information content (AvgIpc) is 1.12. The van der Waals surface area contributed by atoms with Gasteiger partial charge in [-0.05, 0) is 0 Å². The van der Waals surface area contributed by atoms with Crippen LogP contribution in [0.4, 0.5) is 0 Å². The quantitative estimate of drug-likeness (QED) is 0.247. The highest BCUT2D eigenvalue weighted by Crippen LogP contribution is 1.59. The van der Waals surface area contributed by atoms with Crippen molar-refractivity contribution in [3.8, 4) is 0 Å². The minimum atomic E-state index is -4.67. The fourth-order valence-electron chi connectivity index (χ4n) is 0. The van der Waals surface area contributed by atoms with Crippen LogP contribution in [-0.4, -0.2) is 46.0 Å². The second kappa shape index (κ2) is 12.6. The standard InChI is InChI=1S/2H3N.2H2O4S.2H2O/c;;2*1-5(2,3)4;;/h2*1H3;2*(H2,1,2,3,4);2*1H2. The van der Waals surface area contributed by atoms with Crippen LogP contribution in [0, 0.1) is 0 Å². The molecule has 0 fully saturated rings. The molecule has 12 nitrogen and oxygen atoms in total. The van der Waals surface area contributed by atoms with Crippen molar-refractivity contribution in [2.75, 3.05) is 0 Å². The van der Waals surface area contributed by atoms with E-state index in [0.29, 0.717) is 0 Å². The molecule has 0 aromatic rings. The molecule has 0 aromatic heterocycles. The molecule has 0 spiro atoms. The van der Waals surface area contributed by atoms with Gasteiger partial charge in [0, 0.05) is 0 Å². The smallest absolute Gasteiger partial charge is 0.394 e. The van der Waals surface area contributed by atoms with E-state index in [1.54, 1.807) is 0 Å². The van der Waals surface area contributed by atoms with Gasteiger partial charge in [0.1, 0.15) is 0 Å². The predicted octanol–water partition coefficient (Wildman–Crippen LogP) is -2.63. The lowest BCUT2D eigenvalue weighted by Gasteiger charge is -1.68. The van der Waals surface area contributed by atoms with Crippen LogP contribution in [0.25, 0.3) is 0 Å². The highest BCUT2D eigenvalue weighted by Gasteiger charge is 1.85. The topological polar surface area (TPSA) is 282 Å². The summed E-state index contributed by atoms with van der Waals surface area (Å²) in [7, 11) is -9.33. The second-order valence-corrected chi connectivity index (χ2v) is 2.69. The van der Waals surface area contributed by atoms with Crippen molar-refractivity contribution in [3.63, 3.8) is 0 Å². The maximum absolute atomic E-state index is 8.74. The minimum absolute atomic E-state index is 0. The Morgan fingerprint density at radius 1 is 0.571 bits per heavy atom. The lowest BCUT2D eigenvalue weighted by molar-refractivity contribution is 0.378. The van der Waals surface area contributed by atoms with Gasteiger partial charge in [-0.25, -0.2) is 0 Å². The number of hydrogen-bond acceptors (Lipinski definition) is 6. The van der Waals surface area contributed by atoms with Crippen LogP contribution in [0.3, 0.4) is 0 Å². The molecule has 14 N–H and O–H groups in total. The van der Waals surface area contributed by atoms with E-state index in [1.165, 1.54) is 0 Å². The molecular formula is H14N2O10S2. The van der Waals surface area contributed by atoms with Crippen molar-refractivity contribution in [2.24, 2.45) is 0 Å². The molecule has 0 aliphatic carbocycles. The SMILES string of the molecule is N.N.O.O.O=S(=O)(O)O.O=S(=O)(O)O. The Morgan fingerprint density at radius 3 is 0.571 bits per heavy atom. The van der Waals surface area contributed by atoms with Crippen molar-refractivity contribution in [2.45, 2.75) is 0 Å². The van der Waals surface area contributed by atoms with Gasteiger partial charge in [0.15, 0.2) is 0 Å². The van der Waals surface area contributed by atoms with Gasteiger partial charge in [0.25, 0.3) is 0 Å². The summed E-state index contributed by atoms with van der Waals surface area (Å²) >= 11 is 0. The fourth-order valence-corrected chi connectivity index (χ4v) is 0. The summed E-state index contributed by atoms with van der Waals surface area (Å²) in [6.07, 6.45) is 0. The highest BCUT2D eigenvalue weighted by atomic mass is 32.3. The van der Waals surface area contributed by atoms with E-state index in [2.05, 4.69) is 0 Å². The first-order chi connectivity index (χ1) is 4.00. The molecule has 0 bridgehead atoms. The van der Waals surface area contributed by atoms with Crippen molar-refractivity contribution in [3.05, 3.63) is 0 Å². The third kappa shape index (κ3) is 7350. The van der Waals surface area contributed by atoms with Gasteiger partial charge in [-0.1, -0.05) is 0 Å². The van der Waals surface area contributed by atoms with Crippen molar-refractivity contribution in [1.29, 1.82) is 0 Å². The molecule has 0 amide bonds. The van der Waals surface area contributed by atoms with E-state index < -0.39 is 20.8 Å². The maximum Gasteiger partial charge on any atom is 0.394 e. The van der Waals surface area contributed by atoms with E-state index in [9.17, 15) is 0 Å². The first-order valence-corrected chi connectivity index (χ1v) is 4.19. The van der Waals surface area contributed by atoms with E-state index in [0.717, 1.165) is 0 Å². The molecule has 0 saturated heterocycles. The zero-order chi connectivity index (χ0) is 9.00. The molecule has 0 heterocycles. The Kier molecular flexibility index (Phi) is 33.6. The molecule has 0 rings (SSSR count). The monoisotopic (exact) mass is 266 g/mol. The summed E-state index contributed by atoms with van der Waals surface area (Å²) < 4.78 is 63.2. The molecule has 0 aliphatic heterocycles. The van der Waals surface area contributed by atoms with Gasteiger partial charge in [-0.2, -0.15) is 16.8 Å². The largest absolute Gasteiger partial charge is 0.412 e. The summed E-state index contributed by atoms with van der Waals surface area (Å²) in [5.74, 6) is 0. The van der Waals surface area contributed by atoms with Gasteiger partial charge in [0.2, 0.25) is 0 Å². The fraction of sp³-hybridized carbons (Fsp3) is 0. The van der Waals surface area contributed by atoms with Gasteiger partial charge < -0.3 is 23.3 Å². The van der Waals surface area contributed by atoms with Crippen LogP contribution < -0.4 is 12.3 Å². The van der Waals surface area contributed by atoms with E-state index >= 15 is 0 Å². The maximum atomic E-state index is 8.74. The Bertz CT molecular complexity index is 212. The van der Waals surface area contributed by atoms with Crippen LogP contribution in [0.15, 0.2) is 0 Å². The number of rotatable bonds is 0. The zero-order valence-electron chi connectivity index (χ0n) is 6.65. The second-order valence-electron chi connectivity index (χ2n) is 0.896. The van der Waals surface area contributed by atoms with Gasteiger partial charge in [0.05, 0.1) is 0 Å². The molecule has 0 aliphatic rings. The van der Waals surface area contributed by atoms with Crippen molar-refractivity contribution < 1.29 is 46.0 Å². The minimum Gasteiger partial charge on any atom is -0.412 e. The molecule has 0 radical (unpaired) electrons. The van der Waals surface area contributed by atoms with Gasteiger partial charge in [-0.3, -0.25) is 18.2 Å². The summed E-state index contributed by atoms with van der Waals surface area (Å²) in [5.41, 5.74) is 0. The molecule has 0 saturated carbocycles. The molecule has 14 heteroatoms. The number of hydrogen-bond donors (Lipinski definition) is 6. The molecule has 0 unspecified atom stereocenters. The Labute approximate surface area is 79.9 Å². The van der Waals surface area contributed by atoms with Crippen molar-refractivity contribution >= 4 is 20.8 Å². The normalized spacial score (nSPS) is 8.29. The molecule has 14 heavy (non-hydrogen) atoms. The van der Waals surface area contributed by atoms with Crippen LogP contribution in [0.2, 0.25) is 0 Å². The Hall–Kier alpha value is -0.420. The Morgan fingerprint density at radius 2 is 0.571 bits per heavy atom. The summed E-state index contributed by atoms with van der Waals surface area (Å²) in [4.78, 5) is 0. The summed E-state index contributed by atoms with van der Waals surface area (Å²) in [6, 6.07) is 0. The van der Waals surface area contributed by atoms with Crippen molar-refractivity contribution in [1.82, 2.24) is 12.3 Å². The first kappa shape index (κ1) is 37.4. The van der Waals surface area contributed by atoms with E-state index in [4.69, 9.17) is 35.0 Å². The Balaban J connectivity index is -0.0000000178. The molecule has 96 valence electrons.